The van der Waals surface area contributed by atoms with E-state index in [4.69, 9.17) is 4.74 Å². The molecule has 0 spiro atoms. The molecule has 1 heterocycles. The number of nitrogens with zero attached hydrogens (tertiary/aromatic N) is 2. The van der Waals surface area contributed by atoms with Gasteiger partial charge in [0.25, 0.3) is 0 Å². The van der Waals surface area contributed by atoms with Crippen LogP contribution in [0.2, 0.25) is 0 Å². The Labute approximate surface area is 135 Å². The van der Waals surface area contributed by atoms with Crippen LogP contribution >= 0.6 is 0 Å². The van der Waals surface area contributed by atoms with Crippen LogP contribution in [0, 0.1) is 0 Å². The molecule has 1 N–H and O–H groups in total. The molecule has 1 amide bonds. The molecule has 0 aromatic carbocycles. The molecule has 23 heavy (non-hydrogen) atoms. The van der Waals surface area contributed by atoms with E-state index in [1.165, 1.54) is 24.1 Å². The molecule has 1 aromatic heterocycles. The monoisotopic (exact) mass is 321 g/mol. The Hall–Kier alpha value is -2.18. The molecule has 7 nitrogen and oxygen atoms in total. The van der Waals surface area contributed by atoms with E-state index in [0.717, 1.165) is 25.7 Å². The summed E-state index contributed by atoms with van der Waals surface area (Å²) in [5.41, 5.74) is 0.273. The number of hydrogen-bond donors (Lipinski definition) is 1. The third kappa shape index (κ3) is 4.64. The molecule has 7 heteroatoms. The highest BCUT2D eigenvalue weighted by Gasteiger charge is 2.21. The summed E-state index contributed by atoms with van der Waals surface area (Å²) in [6, 6.07) is 1.56. The number of hydrogen-bond acceptors (Lipinski definition) is 5. The van der Waals surface area contributed by atoms with Gasteiger partial charge in [-0.25, -0.2) is 4.79 Å². The maximum absolute atomic E-state index is 12.2. The van der Waals surface area contributed by atoms with E-state index < -0.39 is 5.97 Å². The smallest absolute Gasteiger partial charge is 0.358 e. The lowest BCUT2D eigenvalue weighted by molar-refractivity contribution is -0.122. The first-order valence-corrected chi connectivity index (χ1v) is 8.06. The summed E-state index contributed by atoms with van der Waals surface area (Å²) >= 11 is 0. The molecule has 1 aliphatic carbocycles. The van der Waals surface area contributed by atoms with Crippen LogP contribution in [0.25, 0.3) is 0 Å². The van der Waals surface area contributed by atoms with Crippen LogP contribution in [0.1, 0.15) is 66.9 Å². The minimum absolute atomic E-state index is 0.0440. The first-order valence-electron chi connectivity index (χ1n) is 8.06. The van der Waals surface area contributed by atoms with Crippen molar-refractivity contribution in [1.82, 2.24) is 15.1 Å². The van der Waals surface area contributed by atoms with Gasteiger partial charge in [-0.3, -0.25) is 14.3 Å². The molecule has 1 fully saturated rings. The van der Waals surface area contributed by atoms with Crippen molar-refractivity contribution in [1.29, 1.82) is 0 Å². The van der Waals surface area contributed by atoms with Gasteiger partial charge in [-0.15, -0.1) is 0 Å². The van der Waals surface area contributed by atoms with Crippen molar-refractivity contribution in [3.05, 3.63) is 17.5 Å². The predicted molar refractivity (Wildman–Crippen MR) is 83.2 cm³/mol. The normalized spacial score (nSPS) is 15.2. The van der Waals surface area contributed by atoms with Gasteiger partial charge in [-0.05, 0) is 19.8 Å². The largest absolute Gasteiger partial charge is 0.461 e. The highest BCUT2D eigenvalue weighted by Crippen LogP contribution is 2.17. The second kappa shape index (κ2) is 7.89. The van der Waals surface area contributed by atoms with Crippen molar-refractivity contribution < 1.29 is 19.1 Å². The van der Waals surface area contributed by atoms with E-state index in [0.29, 0.717) is 0 Å². The average Bonchev–Trinajstić information content (AvgIpc) is 2.92. The van der Waals surface area contributed by atoms with Gasteiger partial charge in [0, 0.05) is 19.0 Å². The quantitative estimate of drug-likeness (QED) is 0.636. The van der Waals surface area contributed by atoms with Crippen LogP contribution in [-0.2, 0) is 16.1 Å². The lowest BCUT2D eigenvalue weighted by atomic mass is 9.95. The molecule has 0 unspecified atom stereocenters. The van der Waals surface area contributed by atoms with Crippen LogP contribution in [0.3, 0.4) is 0 Å². The molecule has 1 aliphatic rings. The third-order valence-corrected chi connectivity index (χ3v) is 3.89. The van der Waals surface area contributed by atoms with Crippen molar-refractivity contribution in [2.45, 2.75) is 58.5 Å². The number of Topliss-reactive ketones (excluding diaryl/α,β-unsaturated/α-hetero) is 1. The molecule has 1 aromatic rings. The Morgan fingerprint density at radius 3 is 2.61 bits per heavy atom. The number of nitrogens with one attached hydrogen (secondary N) is 1. The number of carbonyl (C=O) groups is 3. The summed E-state index contributed by atoms with van der Waals surface area (Å²) in [6.45, 7) is 3.22. The van der Waals surface area contributed by atoms with E-state index in [2.05, 4.69) is 10.4 Å². The maximum atomic E-state index is 12.2. The van der Waals surface area contributed by atoms with Crippen molar-refractivity contribution in [2.24, 2.45) is 0 Å². The molecular formula is C16H23N3O4. The van der Waals surface area contributed by atoms with Gasteiger partial charge in [-0.1, -0.05) is 19.3 Å². The Morgan fingerprint density at radius 2 is 2.00 bits per heavy atom. The lowest BCUT2D eigenvalue weighted by Crippen LogP contribution is -2.38. The zero-order chi connectivity index (χ0) is 16.8. The molecule has 0 aliphatic heterocycles. The summed E-state index contributed by atoms with van der Waals surface area (Å²) in [7, 11) is 0. The molecule has 0 radical (unpaired) electrons. The molecule has 126 valence electrons. The topological polar surface area (TPSA) is 90.3 Å². The van der Waals surface area contributed by atoms with E-state index in [1.54, 1.807) is 6.92 Å². The maximum Gasteiger partial charge on any atom is 0.358 e. The van der Waals surface area contributed by atoms with E-state index >= 15 is 0 Å². The fourth-order valence-electron chi connectivity index (χ4n) is 2.78. The number of aromatic nitrogens is 2. The highest BCUT2D eigenvalue weighted by molar-refractivity contribution is 5.96. The number of amides is 1. The van der Waals surface area contributed by atoms with Gasteiger partial charge in [-0.2, -0.15) is 5.10 Å². The standard InChI is InChI=1S/C16H23N3O4/c1-3-23-16(22)13-9-14(11(2)20)19(18-13)10-15(21)17-12-7-5-4-6-8-12/h9,12H,3-8,10H2,1-2H3,(H,17,21). The zero-order valence-electron chi connectivity index (χ0n) is 13.6. The fraction of sp³-hybridized carbons (Fsp3) is 0.625. The van der Waals surface area contributed by atoms with Crippen molar-refractivity contribution in [3.8, 4) is 0 Å². The van der Waals surface area contributed by atoms with Gasteiger partial charge in [0.05, 0.1) is 6.61 Å². The van der Waals surface area contributed by atoms with Gasteiger partial charge in [0.1, 0.15) is 12.2 Å². The Kier molecular flexibility index (Phi) is 5.90. The van der Waals surface area contributed by atoms with E-state index in [9.17, 15) is 14.4 Å². The van der Waals surface area contributed by atoms with E-state index in [-0.39, 0.29) is 42.3 Å². The van der Waals surface area contributed by atoms with E-state index in [1.807, 2.05) is 0 Å². The van der Waals surface area contributed by atoms with Gasteiger partial charge in [0.2, 0.25) is 5.91 Å². The first-order chi connectivity index (χ1) is 11.0. The average molecular weight is 321 g/mol. The van der Waals surface area contributed by atoms with Gasteiger partial charge >= 0.3 is 5.97 Å². The molecule has 1 saturated carbocycles. The summed E-state index contributed by atoms with van der Waals surface area (Å²) in [5.74, 6) is -1.04. The van der Waals surface area contributed by atoms with Crippen LogP contribution in [-0.4, -0.2) is 40.1 Å². The van der Waals surface area contributed by atoms with Crippen molar-refractivity contribution in [2.75, 3.05) is 6.61 Å². The van der Waals surface area contributed by atoms with Crippen LogP contribution < -0.4 is 5.32 Å². The Morgan fingerprint density at radius 1 is 1.30 bits per heavy atom. The van der Waals surface area contributed by atoms with Gasteiger partial charge in [0.15, 0.2) is 11.5 Å². The summed E-state index contributed by atoms with van der Waals surface area (Å²) in [6.07, 6.45) is 5.43. The van der Waals surface area contributed by atoms with Crippen LogP contribution in [0.5, 0.6) is 0 Å². The highest BCUT2D eigenvalue weighted by atomic mass is 16.5. The molecule has 0 bridgehead atoms. The number of rotatable bonds is 6. The van der Waals surface area contributed by atoms with Crippen molar-refractivity contribution >= 4 is 17.7 Å². The minimum atomic E-state index is -0.596. The zero-order valence-corrected chi connectivity index (χ0v) is 13.6. The summed E-state index contributed by atoms with van der Waals surface area (Å²) < 4.78 is 6.15. The number of ketones is 1. The number of esters is 1. The van der Waals surface area contributed by atoms with Crippen LogP contribution in [0.4, 0.5) is 0 Å². The molecule has 2 rings (SSSR count). The second-order valence-electron chi connectivity index (χ2n) is 5.75. The Bertz CT molecular complexity index is 588. The number of ether oxygens (including phenoxy) is 1. The summed E-state index contributed by atoms with van der Waals surface area (Å²) in [5, 5.41) is 7.01. The fourth-order valence-corrected chi connectivity index (χ4v) is 2.78. The second-order valence-corrected chi connectivity index (χ2v) is 5.75. The van der Waals surface area contributed by atoms with Gasteiger partial charge < -0.3 is 10.1 Å². The third-order valence-electron chi connectivity index (χ3n) is 3.89. The number of carbonyl (C=O) groups excluding carboxylic acids is 3. The summed E-state index contributed by atoms with van der Waals surface area (Å²) in [4.78, 5) is 35.6. The predicted octanol–water partition coefficient (Wildman–Crippen LogP) is 1.71. The molecule has 0 atom stereocenters. The Balaban J connectivity index is 2.06. The SMILES string of the molecule is CCOC(=O)c1cc(C(C)=O)n(CC(=O)NC2CCCCC2)n1. The molecular weight excluding hydrogens is 298 g/mol. The van der Waals surface area contributed by atoms with Crippen LogP contribution in [0.15, 0.2) is 6.07 Å². The minimum Gasteiger partial charge on any atom is -0.461 e. The lowest BCUT2D eigenvalue weighted by Gasteiger charge is -2.22. The van der Waals surface area contributed by atoms with Crippen molar-refractivity contribution in [3.63, 3.8) is 0 Å². The molecule has 0 saturated heterocycles. The first kappa shape index (κ1) is 17.2.